The molecule has 0 aliphatic rings. The molecule has 0 aromatic carbocycles. The Labute approximate surface area is 135 Å². The maximum absolute atomic E-state index is 8.60. The third-order valence-electron chi connectivity index (χ3n) is 2.61. The molecule has 0 saturated carbocycles. The highest BCUT2D eigenvalue weighted by Crippen LogP contribution is 2.09. The third-order valence-corrected chi connectivity index (χ3v) is 3.17. The molecule has 0 aliphatic heterocycles. The Hall–Kier alpha value is 0.240. The van der Waals surface area contributed by atoms with E-state index < -0.39 is 0 Å². The van der Waals surface area contributed by atoms with Crippen LogP contribution in [0.25, 0.3) is 0 Å². The minimum absolute atomic E-state index is 0.0225. The number of aliphatic hydroxyl groups is 2. The lowest BCUT2D eigenvalue weighted by molar-refractivity contribution is -0.162. The Kier molecular flexibility index (Phi) is 18.5. The van der Waals surface area contributed by atoms with Gasteiger partial charge in [0, 0.05) is 5.33 Å². The Morgan fingerprint density at radius 1 is 0.714 bits per heavy atom. The summed E-state index contributed by atoms with van der Waals surface area (Å²) in [4.78, 5) is 0. The van der Waals surface area contributed by atoms with Gasteiger partial charge in [0.15, 0.2) is 6.29 Å². The Morgan fingerprint density at radius 2 is 1.29 bits per heavy atom. The van der Waals surface area contributed by atoms with Crippen LogP contribution in [0.4, 0.5) is 0 Å². The fraction of sp³-hybridized carbons (Fsp3) is 1.00. The molecule has 0 fully saturated rings. The second-order valence-corrected chi connectivity index (χ2v) is 5.17. The van der Waals surface area contributed by atoms with Crippen molar-refractivity contribution in [2.75, 3.05) is 58.2 Å². The van der Waals surface area contributed by atoms with Crippen molar-refractivity contribution in [2.45, 2.75) is 32.0 Å². The third kappa shape index (κ3) is 16.4. The highest BCUT2D eigenvalue weighted by Gasteiger charge is 2.09. The van der Waals surface area contributed by atoms with Crippen LogP contribution in [0, 0.1) is 0 Å². The molecular weight excluding hydrogens is 344 g/mol. The van der Waals surface area contributed by atoms with Gasteiger partial charge in [-0.2, -0.15) is 0 Å². The standard InChI is InChI=1S/C14H29BrO6/c15-5-3-1-2-4-14(20-12-10-18-8-6-16)21-13-11-19-9-7-17/h14,16-17H,1-13H2. The number of alkyl halides is 1. The van der Waals surface area contributed by atoms with E-state index in [2.05, 4.69) is 15.9 Å². The largest absolute Gasteiger partial charge is 0.394 e. The van der Waals surface area contributed by atoms with Gasteiger partial charge in [-0.3, -0.25) is 0 Å². The average molecular weight is 373 g/mol. The van der Waals surface area contributed by atoms with E-state index in [1.54, 1.807) is 0 Å². The maximum atomic E-state index is 8.60. The molecule has 6 nitrogen and oxygen atoms in total. The van der Waals surface area contributed by atoms with Gasteiger partial charge in [0.05, 0.1) is 52.9 Å². The zero-order valence-corrected chi connectivity index (χ0v) is 14.3. The highest BCUT2D eigenvalue weighted by molar-refractivity contribution is 9.09. The van der Waals surface area contributed by atoms with E-state index in [1.165, 1.54) is 0 Å². The van der Waals surface area contributed by atoms with Crippen LogP contribution >= 0.6 is 15.9 Å². The molecule has 0 aliphatic carbocycles. The SMILES string of the molecule is OCCOCCOC(CCCCCBr)OCCOCCO. The van der Waals surface area contributed by atoms with Gasteiger partial charge >= 0.3 is 0 Å². The van der Waals surface area contributed by atoms with Gasteiger partial charge in [-0.25, -0.2) is 0 Å². The van der Waals surface area contributed by atoms with Gasteiger partial charge in [-0.1, -0.05) is 22.4 Å². The van der Waals surface area contributed by atoms with E-state index in [0.717, 1.165) is 31.0 Å². The van der Waals surface area contributed by atoms with E-state index in [-0.39, 0.29) is 19.5 Å². The Balaban J connectivity index is 3.69. The lowest BCUT2D eigenvalue weighted by atomic mass is 10.2. The molecule has 21 heavy (non-hydrogen) atoms. The molecule has 0 heterocycles. The summed E-state index contributed by atoms with van der Waals surface area (Å²) in [6.45, 7) is 2.49. The first-order valence-corrected chi connectivity index (χ1v) is 8.63. The van der Waals surface area contributed by atoms with Crippen molar-refractivity contribution in [1.82, 2.24) is 0 Å². The van der Waals surface area contributed by atoms with E-state index >= 15 is 0 Å². The van der Waals surface area contributed by atoms with E-state index in [1.807, 2.05) is 0 Å². The molecule has 0 bridgehead atoms. The zero-order chi connectivity index (χ0) is 15.6. The van der Waals surface area contributed by atoms with Gasteiger partial charge in [0.25, 0.3) is 0 Å². The van der Waals surface area contributed by atoms with E-state index in [0.29, 0.717) is 39.6 Å². The Morgan fingerprint density at radius 3 is 1.76 bits per heavy atom. The van der Waals surface area contributed by atoms with Crippen LogP contribution in [-0.2, 0) is 18.9 Å². The molecular formula is C14H29BrO6. The highest BCUT2D eigenvalue weighted by atomic mass is 79.9. The summed E-state index contributed by atoms with van der Waals surface area (Å²) in [6.07, 6.45) is 3.91. The quantitative estimate of drug-likeness (QED) is 0.228. The molecule has 128 valence electrons. The minimum Gasteiger partial charge on any atom is -0.394 e. The monoisotopic (exact) mass is 372 g/mol. The number of aliphatic hydroxyl groups excluding tert-OH is 2. The molecule has 0 amide bonds. The number of halogens is 1. The number of unbranched alkanes of at least 4 members (excludes halogenated alkanes) is 2. The summed E-state index contributed by atoms with van der Waals surface area (Å²) >= 11 is 3.41. The zero-order valence-electron chi connectivity index (χ0n) is 12.7. The van der Waals surface area contributed by atoms with Crippen LogP contribution in [0.3, 0.4) is 0 Å². The van der Waals surface area contributed by atoms with Crippen molar-refractivity contribution in [1.29, 1.82) is 0 Å². The molecule has 0 rings (SSSR count). The van der Waals surface area contributed by atoms with Gasteiger partial charge in [0.2, 0.25) is 0 Å². The predicted molar refractivity (Wildman–Crippen MR) is 83.8 cm³/mol. The van der Waals surface area contributed by atoms with Crippen molar-refractivity contribution in [3.63, 3.8) is 0 Å². The van der Waals surface area contributed by atoms with E-state index in [9.17, 15) is 0 Å². The van der Waals surface area contributed by atoms with Gasteiger partial charge in [-0.05, 0) is 19.3 Å². The Bertz CT molecular complexity index is 182. The van der Waals surface area contributed by atoms with Gasteiger partial charge in [-0.15, -0.1) is 0 Å². The summed E-state index contributed by atoms with van der Waals surface area (Å²) in [7, 11) is 0. The smallest absolute Gasteiger partial charge is 0.157 e. The number of hydrogen-bond acceptors (Lipinski definition) is 6. The lowest BCUT2D eigenvalue weighted by Gasteiger charge is -2.18. The summed E-state index contributed by atoms with van der Waals surface area (Å²) in [5.41, 5.74) is 0. The van der Waals surface area contributed by atoms with Crippen LogP contribution in [0.15, 0.2) is 0 Å². The lowest BCUT2D eigenvalue weighted by Crippen LogP contribution is -2.22. The van der Waals surface area contributed by atoms with Crippen LogP contribution in [-0.4, -0.2) is 74.7 Å². The number of ether oxygens (including phenoxy) is 4. The van der Waals surface area contributed by atoms with Crippen LogP contribution in [0.1, 0.15) is 25.7 Å². The first-order valence-electron chi connectivity index (χ1n) is 7.51. The van der Waals surface area contributed by atoms with Gasteiger partial charge < -0.3 is 29.2 Å². The van der Waals surface area contributed by atoms with Crippen molar-refractivity contribution in [3.8, 4) is 0 Å². The van der Waals surface area contributed by atoms with Crippen molar-refractivity contribution in [2.24, 2.45) is 0 Å². The molecule has 0 aromatic rings. The molecule has 0 aromatic heterocycles. The predicted octanol–water partition coefficient (Wildman–Crippen LogP) is 1.32. The van der Waals surface area contributed by atoms with Crippen molar-refractivity contribution < 1.29 is 29.2 Å². The summed E-state index contributed by atoms with van der Waals surface area (Å²) in [5, 5.41) is 18.2. The summed E-state index contributed by atoms with van der Waals surface area (Å²) < 4.78 is 21.5. The molecule has 0 atom stereocenters. The molecule has 0 radical (unpaired) electrons. The molecule has 0 unspecified atom stereocenters. The maximum Gasteiger partial charge on any atom is 0.157 e. The summed E-state index contributed by atoms with van der Waals surface area (Å²) in [6, 6.07) is 0. The fourth-order valence-electron chi connectivity index (χ4n) is 1.61. The van der Waals surface area contributed by atoms with Crippen LogP contribution in [0.5, 0.6) is 0 Å². The molecule has 7 heteroatoms. The summed E-state index contributed by atoms with van der Waals surface area (Å²) in [5.74, 6) is 0. The van der Waals surface area contributed by atoms with Crippen LogP contribution in [0.2, 0.25) is 0 Å². The van der Waals surface area contributed by atoms with Crippen molar-refractivity contribution >= 4 is 15.9 Å². The average Bonchev–Trinajstić information content (AvgIpc) is 2.50. The van der Waals surface area contributed by atoms with E-state index in [4.69, 9.17) is 29.2 Å². The minimum atomic E-state index is -0.254. The first kappa shape index (κ1) is 21.2. The topological polar surface area (TPSA) is 77.4 Å². The molecule has 0 spiro atoms. The number of rotatable bonds is 17. The second-order valence-electron chi connectivity index (χ2n) is 4.38. The normalized spacial score (nSPS) is 11.4. The van der Waals surface area contributed by atoms with Crippen molar-refractivity contribution in [3.05, 3.63) is 0 Å². The first-order chi connectivity index (χ1) is 10.3. The molecule has 0 saturated heterocycles. The molecule has 2 N–H and O–H groups in total. The van der Waals surface area contributed by atoms with Crippen LogP contribution < -0.4 is 0 Å². The second kappa shape index (κ2) is 18.3. The number of hydrogen-bond donors (Lipinski definition) is 2. The van der Waals surface area contributed by atoms with Gasteiger partial charge in [0.1, 0.15) is 0 Å². The fourth-order valence-corrected chi connectivity index (χ4v) is 2.00.